The smallest absolute Gasteiger partial charge is 0.234 e. The zero-order chi connectivity index (χ0) is 21.4. The van der Waals surface area contributed by atoms with Crippen molar-refractivity contribution in [2.24, 2.45) is 10.4 Å². The molecule has 8 heteroatoms. The summed E-state index contributed by atoms with van der Waals surface area (Å²) in [5.74, 6) is 1.17. The summed E-state index contributed by atoms with van der Waals surface area (Å²) in [6.07, 6.45) is 4.04. The van der Waals surface area contributed by atoms with Crippen LogP contribution >= 0.6 is 0 Å². The number of amides is 2. The molecule has 1 heterocycles. The summed E-state index contributed by atoms with van der Waals surface area (Å²) in [7, 11) is 3.68. The van der Waals surface area contributed by atoms with Gasteiger partial charge in [-0.15, -0.1) is 0 Å². The van der Waals surface area contributed by atoms with E-state index >= 15 is 0 Å². The van der Waals surface area contributed by atoms with Gasteiger partial charge in [0.1, 0.15) is 0 Å². The Morgan fingerprint density at radius 2 is 1.72 bits per heavy atom. The molecule has 1 saturated carbocycles. The zero-order valence-corrected chi connectivity index (χ0v) is 19.0. The number of carbonyl (C=O) groups is 2. The molecule has 2 rings (SSSR count). The Hall–Kier alpha value is -1.83. The first kappa shape index (κ1) is 23.4. The maximum absolute atomic E-state index is 12.8. The number of rotatable bonds is 7. The molecule has 0 aromatic heterocycles. The topological polar surface area (TPSA) is 80.3 Å². The third kappa shape index (κ3) is 6.59. The first-order valence-electron chi connectivity index (χ1n) is 11.0. The molecule has 2 N–H and O–H groups in total. The quantitative estimate of drug-likeness (QED) is 0.480. The highest BCUT2D eigenvalue weighted by molar-refractivity contribution is 5.84. The number of nitrogens with one attached hydrogen (secondary N) is 2. The lowest BCUT2D eigenvalue weighted by Crippen LogP contribution is -2.54. The number of guanidine groups is 1. The molecule has 2 amide bonds. The van der Waals surface area contributed by atoms with Crippen LogP contribution in [0.5, 0.6) is 0 Å². The van der Waals surface area contributed by atoms with Gasteiger partial charge in [0.2, 0.25) is 11.8 Å². The molecule has 29 heavy (non-hydrogen) atoms. The lowest BCUT2D eigenvalue weighted by molar-refractivity contribution is -0.138. The molecule has 166 valence electrons. The molecule has 1 aliphatic carbocycles. The molecule has 2 aliphatic rings. The van der Waals surface area contributed by atoms with Gasteiger partial charge in [-0.1, -0.05) is 12.8 Å². The normalized spacial score (nSPS) is 20.1. The van der Waals surface area contributed by atoms with Crippen LogP contribution in [0.3, 0.4) is 0 Å². The Morgan fingerprint density at radius 1 is 1.10 bits per heavy atom. The van der Waals surface area contributed by atoms with Gasteiger partial charge in [0.15, 0.2) is 5.96 Å². The monoisotopic (exact) mass is 408 g/mol. The van der Waals surface area contributed by atoms with Crippen LogP contribution in [0, 0.1) is 5.41 Å². The van der Waals surface area contributed by atoms with E-state index in [1.165, 1.54) is 0 Å². The van der Waals surface area contributed by atoms with E-state index in [4.69, 9.17) is 4.99 Å². The summed E-state index contributed by atoms with van der Waals surface area (Å²) in [4.78, 5) is 35.9. The highest BCUT2D eigenvalue weighted by Crippen LogP contribution is 2.39. The van der Waals surface area contributed by atoms with Gasteiger partial charge in [-0.05, 0) is 33.6 Å². The largest absolute Gasteiger partial charge is 0.357 e. The molecule has 0 spiro atoms. The van der Waals surface area contributed by atoms with E-state index in [0.29, 0.717) is 13.1 Å². The van der Waals surface area contributed by atoms with E-state index in [1.54, 1.807) is 4.90 Å². The fraction of sp³-hybridized carbons (Fsp3) is 0.857. The van der Waals surface area contributed by atoms with E-state index < -0.39 is 0 Å². The zero-order valence-electron chi connectivity index (χ0n) is 19.0. The molecule has 8 nitrogen and oxygen atoms in total. The minimum atomic E-state index is -0.346. The second kappa shape index (κ2) is 10.8. The van der Waals surface area contributed by atoms with Gasteiger partial charge < -0.3 is 20.4 Å². The molecular formula is C21H40N6O2. The molecule has 0 aromatic rings. The van der Waals surface area contributed by atoms with Crippen molar-refractivity contribution in [3.63, 3.8) is 0 Å². The number of piperazine rings is 1. The summed E-state index contributed by atoms with van der Waals surface area (Å²) < 4.78 is 0. The summed E-state index contributed by atoms with van der Waals surface area (Å²) in [5, 5.41) is 6.35. The van der Waals surface area contributed by atoms with Gasteiger partial charge in [0, 0.05) is 52.9 Å². The predicted octanol–water partition coefficient (Wildman–Crippen LogP) is 0.743. The van der Waals surface area contributed by atoms with Crippen molar-refractivity contribution < 1.29 is 9.59 Å². The Balaban J connectivity index is 1.97. The second-order valence-electron chi connectivity index (χ2n) is 8.84. The fourth-order valence-electron chi connectivity index (χ4n) is 4.31. The minimum absolute atomic E-state index is 0.0828. The Morgan fingerprint density at radius 3 is 2.24 bits per heavy atom. The van der Waals surface area contributed by atoms with E-state index in [-0.39, 0.29) is 23.3 Å². The van der Waals surface area contributed by atoms with Crippen molar-refractivity contribution in [1.29, 1.82) is 0 Å². The molecule has 0 radical (unpaired) electrons. The third-order valence-corrected chi connectivity index (χ3v) is 5.78. The maximum Gasteiger partial charge on any atom is 0.234 e. The Labute approximate surface area is 176 Å². The fourth-order valence-corrected chi connectivity index (χ4v) is 4.31. The van der Waals surface area contributed by atoms with Gasteiger partial charge in [0.05, 0.1) is 18.5 Å². The standard InChI is InChI=1S/C21H40N6O2/c1-6-22-20(23-16-21(9-7-8-10-21)19(29)25(4)5)27-13-11-26(12-14-27)15-18(28)24-17(2)3/h17H,6-16H2,1-5H3,(H,22,23)(H,24,28). The minimum Gasteiger partial charge on any atom is -0.357 e. The SMILES string of the molecule is CCNC(=NCC1(C(=O)N(C)C)CCCC1)N1CCN(CC(=O)NC(C)C)CC1. The lowest BCUT2D eigenvalue weighted by Gasteiger charge is -2.37. The van der Waals surface area contributed by atoms with Gasteiger partial charge in [0.25, 0.3) is 0 Å². The number of aliphatic imine (C=N–C) groups is 1. The van der Waals surface area contributed by atoms with Crippen molar-refractivity contribution in [1.82, 2.24) is 25.3 Å². The summed E-state index contributed by atoms with van der Waals surface area (Å²) in [5.41, 5.74) is -0.346. The third-order valence-electron chi connectivity index (χ3n) is 5.78. The molecular weight excluding hydrogens is 368 g/mol. The lowest BCUT2D eigenvalue weighted by atomic mass is 9.85. The predicted molar refractivity (Wildman–Crippen MR) is 117 cm³/mol. The highest BCUT2D eigenvalue weighted by Gasteiger charge is 2.42. The average molecular weight is 409 g/mol. The summed E-state index contributed by atoms with van der Waals surface area (Å²) in [6.45, 7) is 11.1. The molecule has 2 fully saturated rings. The number of hydrogen-bond donors (Lipinski definition) is 2. The molecule has 1 aliphatic heterocycles. The molecule has 0 atom stereocenters. The molecule has 1 saturated heterocycles. The van der Waals surface area contributed by atoms with Crippen molar-refractivity contribution in [2.75, 3.05) is 59.9 Å². The van der Waals surface area contributed by atoms with Crippen LogP contribution in [0.1, 0.15) is 46.5 Å². The van der Waals surface area contributed by atoms with E-state index in [9.17, 15) is 9.59 Å². The number of hydrogen-bond acceptors (Lipinski definition) is 4. The maximum atomic E-state index is 12.8. The van der Waals surface area contributed by atoms with Crippen molar-refractivity contribution in [2.45, 2.75) is 52.5 Å². The van der Waals surface area contributed by atoms with Crippen molar-refractivity contribution in [3.8, 4) is 0 Å². The first-order chi connectivity index (χ1) is 13.8. The first-order valence-corrected chi connectivity index (χ1v) is 11.0. The van der Waals surface area contributed by atoms with E-state index in [1.807, 2.05) is 27.9 Å². The van der Waals surface area contributed by atoms with Gasteiger partial charge in [-0.2, -0.15) is 0 Å². The average Bonchev–Trinajstić information content (AvgIpc) is 3.14. The second-order valence-corrected chi connectivity index (χ2v) is 8.84. The summed E-state index contributed by atoms with van der Waals surface area (Å²) in [6, 6.07) is 0.170. The van der Waals surface area contributed by atoms with Crippen LogP contribution in [-0.2, 0) is 9.59 Å². The highest BCUT2D eigenvalue weighted by atomic mass is 16.2. The van der Waals surface area contributed by atoms with Gasteiger partial charge in [-0.3, -0.25) is 19.5 Å². The summed E-state index contributed by atoms with van der Waals surface area (Å²) >= 11 is 0. The van der Waals surface area contributed by atoms with Gasteiger partial charge >= 0.3 is 0 Å². The van der Waals surface area contributed by atoms with Crippen LogP contribution in [0.25, 0.3) is 0 Å². The Bertz CT molecular complexity index is 576. The molecule has 0 bridgehead atoms. The van der Waals surface area contributed by atoms with Crippen LogP contribution < -0.4 is 10.6 Å². The van der Waals surface area contributed by atoms with Crippen molar-refractivity contribution >= 4 is 17.8 Å². The van der Waals surface area contributed by atoms with Crippen LogP contribution in [0.15, 0.2) is 4.99 Å². The van der Waals surface area contributed by atoms with Crippen LogP contribution in [-0.4, -0.2) is 98.4 Å². The molecule has 0 unspecified atom stereocenters. The van der Waals surface area contributed by atoms with E-state index in [0.717, 1.165) is 64.4 Å². The van der Waals surface area contributed by atoms with Crippen LogP contribution in [0.4, 0.5) is 0 Å². The van der Waals surface area contributed by atoms with Crippen molar-refractivity contribution in [3.05, 3.63) is 0 Å². The number of nitrogens with zero attached hydrogens (tertiary/aromatic N) is 4. The van der Waals surface area contributed by atoms with Crippen LogP contribution in [0.2, 0.25) is 0 Å². The Kier molecular flexibility index (Phi) is 8.74. The molecule has 0 aromatic carbocycles. The number of carbonyl (C=O) groups excluding carboxylic acids is 2. The van der Waals surface area contributed by atoms with E-state index in [2.05, 4.69) is 27.4 Å². The van der Waals surface area contributed by atoms with Gasteiger partial charge in [-0.25, -0.2) is 0 Å².